The lowest BCUT2D eigenvalue weighted by Gasteiger charge is -2.43. The topological polar surface area (TPSA) is 124 Å². The van der Waals surface area contributed by atoms with Gasteiger partial charge < -0.3 is 39.0 Å². The maximum atomic E-state index is 11.8. The van der Waals surface area contributed by atoms with Gasteiger partial charge in [-0.3, -0.25) is 0 Å². The summed E-state index contributed by atoms with van der Waals surface area (Å²) in [6.45, 7) is 1.61. The second-order valence-electron chi connectivity index (χ2n) is 6.72. The van der Waals surface area contributed by atoms with Gasteiger partial charge in [-0.1, -0.05) is 19.8 Å². The van der Waals surface area contributed by atoms with Crippen molar-refractivity contribution in [2.24, 2.45) is 0 Å². The van der Waals surface area contributed by atoms with E-state index >= 15 is 0 Å². The Hall–Kier alpha value is -1.23. The summed E-state index contributed by atoms with van der Waals surface area (Å²) in [6, 6.07) is 0. The molecule has 3 N–H and O–H groups in total. The standard InChI is InChI=1S/C18H30O9/c1-4-5-6-11(12-7-10(23-2)8-14(20)25-12)26-18-16(22)15(21)17(24-3)13(9-19)27-18/h8,11-13,15-19,21-22H,4-7,9H2,1-3H3/t11-,12-,13+,15+,16-,17+,18+/m0/s1. The van der Waals surface area contributed by atoms with Gasteiger partial charge in [-0.15, -0.1) is 0 Å². The minimum Gasteiger partial charge on any atom is -0.501 e. The first kappa shape index (κ1) is 22.1. The Bertz CT molecular complexity index is 507. The van der Waals surface area contributed by atoms with Crippen LogP contribution in [0.3, 0.4) is 0 Å². The molecule has 156 valence electrons. The average Bonchev–Trinajstić information content (AvgIpc) is 2.67. The lowest BCUT2D eigenvalue weighted by molar-refractivity contribution is -0.320. The summed E-state index contributed by atoms with van der Waals surface area (Å²) in [7, 11) is 2.84. The number of hydrogen-bond donors (Lipinski definition) is 3. The summed E-state index contributed by atoms with van der Waals surface area (Å²) in [4.78, 5) is 11.8. The number of carbonyl (C=O) groups excluding carboxylic acids is 1. The molecule has 2 rings (SSSR count). The molecule has 0 aliphatic carbocycles. The molecular weight excluding hydrogens is 360 g/mol. The Morgan fingerprint density at radius 3 is 2.63 bits per heavy atom. The van der Waals surface area contributed by atoms with Crippen molar-refractivity contribution in [3.63, 3.8) is 0 Å². The van der Waals surface area contributed by atoms with E-state index in [0.717, 1.165) is 12.8 Å². The van der Waals surface area contributed by atoms with Gasteiger partial charge in [0.2, 0.25) is 0 Å². The molecule has 2 aliphatic heterocycles. The minimum atomic E-state index is -1.38. The SMILES string of the molecule is CCCC[C@H](O[C@@H]1O[C@H](CO)[C@@H](OC)[C@H](O)[C@@H]1O)[C@@H]1CC(OC)=CC(=O)O1. The normalized spacial score (nSPS) is 35.3. The Morgan fingerprint density at radius 2 is 2.04 bits per heavy atom. The van der Waals surface area contributed by atoms with Crippen LogP contribution in [0.25, 0.3) is 0 Å². The van der Waals surface area contributed by atoms with Crippen LogP contribution in [0, 0.1) is 0 Å². The van der Waals surface area contributed by atoms with E-state index in [1.54, 1.807) is 0 Å². The Morgan fingerprint density at radius 1 is 1.30 bits per heavy atom. The van der Waals surface area contributed by atoms with Crippen LogP contribution in [-0.4, -0.2) is 85.0 Å². The largest absolute Gasteiger partial charge is 0.501 e. The van der Waals surface area contributed by atoms with Crippen LogP contribution in [-0.2, 0) is 28.5 Å². The zero-order valence-electron chi connectivity index (χ0n) is 15.9. The van der Waals surface area contributed by atoms with Gasteiger partial charge in [-0.25, -0.2) is 4.79 Å². The van der Waals surface area contributed by atoms with Gasteiger partial charge in [0, 0.05) is 13.5 Å². The van der Waals surface area contributed by atoms with Gasteiger partial charge in [0.05, 0.1) is 25.9 Å². The number of aliphatic hydroxyl groups is 3. The fraction of sp³-hybridized carbons (Fsp3) is 0.833. The number of unbranched alkanes of at least 4 members (excludes halogenated alkanes) is 1. The van der Waals surface area contributed by atoms with Crippen LogP contribution in [0.1, 0.15) is 32.6 Å². The highest BCUT2D eigenvalue weighted by Gasteiger charge is 2.46. The van der Waals surface area contributed by atoms with E-state index in [-0.39, 0.29) is 0 Å². The number of ether oxygens (including phenoxy) is 5. The van der Waals surface area contributed by atoms with E-state index in [2.05, 4.69) is 0 Å². The summed E-state index contributed by atoms with van der Waals surface area (Å²) >= 11 is 0. The molecule has 0 saturated carbocycles. The van der Waals surface area contributed by atoms with Crippen molar-refractivity contribution in [3.05, 3.63) is 11.8 Å². The third-order valence-electron chi connectivity index (χ3n) is 4.87. The summed E-state index contributed by atoms with van der Waals surface area (Å²) in [5.74, 6) is -0.0369. The number of aliphatic hydroxyl groups excluding tert-OH is 3. The molecule has 1 saturated heterocycles. The van der Waals surface area contributed by atoms with Crippen LogP contribution in [0.15, 0.2) is 11.8 Å². The van der Waals surface area contributed by atoms with E-state index < -0.39 is 55.5 Å². The highest BCUT2D eigenvalue weighted by molar-refractivity contribution is 5.83. The molecule has 1 fully saturated rings. The van der Waals surface area contributed by atoms with Crippen LogP contribution in [0.4, 0.5) is 0 Å². The van der Waals surface area contributed by atoms with Crippen molar-refractivity contribution in [2.75, 3.05) is 20.8 Å². The lowest BCUT2D eigenvalue weighted by Crippen LogP contribution is -2.60. The van der Waals surface area contributed by atoms with E-state index in [1.807, 2.05) is 6.92 Å². The lowest BCUT2D eigenvalue weighted by atomic mass is 9.98. The molecular formula is C18H30O9. The molecule has 27 heavy (non-hydrogen) atoms. The van der Waals surface area contributed by atoms with Gasteiger partial charge in [0.15, 0.2) is 6.29 Å². The van der Waals surface area contributed by atoms with Gasteiger partial charge in [-0.05, 0) is 6.42 Å². The highest BCUT2D eigenvalue weighted by Crippen LogP contribution is 2.29. The molecule has 0 aromatic carbocycles. The van der Waals surface area contributed by atoms with Gasteiger partial charge >= 0.3 is 5.97 Å². The number of hydrogen-bond acceptors (Lipinski definition) is 9. The molecule has 0 aromatic heterocycles. The van der Waals surface area contributed by atoms with Gasteiger partial charge in [0.25, 0.3) is 0 Å². The van der Waals surface area contributed by atoms with Gasteiger partial charge in [0.1, 0.15) is 36.3 Å². The highest BCUT2D eigenvalue weighted by atomic mass is 16.7. The Labute approximate surface area is 158 Å². The Balaban J connectivity index is 2.13. The maximum absolute atomic E-state index is 11.8. The second-order valence-corrected chi connectivity index (χ2v) is 6.72. The average molecular weight is 390 g/mol. The van der Waals surface area contributed by atoms with Crippen molar-refractivity contribution in [1.29, 1.82) is 0 Å². The molecule has 0 spiro atoms. The molecule has 2 heterocycles. The van der Waals surface area contributed by atoms with Crippen molar-refractivity contribution < 1.29 is 43.8 Å². The van der Waals surface area contributed by atoms with Crippen LogP contribution >= 0.6 is 0 Å². The molecule has 9 heteroatoms. The molecule has 0 aromatic rings. The molecule has 0 bridgehead atoms. The second kappa shape index (κ2) is 10.4. The number of esters is 1. The summed E-state index contributed by atoms with van der Waals surface area (Å²) in [5, 5.41) is 30.1. The third kappa shape index (κ3) is 5.40. The van der Waals surface area contributed by atoms with E-state index in [4.69, 9.17) is 23.7 Å². The first-order valence-electron chi connectivity index (χ1n) is 9.21. The molecule has 2 aliphatic rings. The van der Waals surface area contributed by atoms with Crippen LogP contribution in [0.5, 0.6) is 0 Å². The third-order valence-corrected chi connectivity index (χ3v) is 4.87. The summed E-state index contributed by atoms with van der Waals surface area (Å²) in [5.41, 5.74) is 0. The van der Waals surface area contributed by atoms with E-state index in [9.17, 15) is 20.1 Å². The van der Waals surface area contributed by atoms with E-state index in [1.165, 1.54) is 20.3 Å². The molecule has 0 amide bonds. The van der Waals surface area contributed by atoms with Crippen LogP contribution in [0.2, 0.25) is 0 Å². The number of cyclic esters (lactones) is 1. The first-order valence-corrected chi connectivity index (χ1v) is 9.21. The zero-order chi connectivity index (χ0) is 20.0. The van der Waals surface area contributed by atoms with Crippen molar-refractivity contribution in [2.45, 2.75) is 75.5 Å². The quantitative estimate of drug-likeness (QED) is 0.462. The molecule has 9 nitrogen and oxygen atoms in total. The monoisotopic (exact) mass is 390 g/mol. The van der Waals surface area contributed by atoms with Crippen molar-refractivity contribution >= 4 is 5.97 Å². The first-order chi connectivity index (χ1) is 12.9. The maximum Gasteiger partial charge on any atom is 0.334 e. The molecule has 0 unspecified atom stereocenters. The fourth-order valence-electron chi connectivity index (χ4n) is 3.34. The smallest absolute Gasteiger partial charge is 0.334 e. The number of methoxy groups -OCH3 is 2. The summed E-state index contributed by atoms with van der Waals surface area (Å²) < 4.78 is 27.2. The minimum absolute atomic E-state index is 0.339. The molecule has 0 radical (unpaired) electrons. The molecule has 7 atom stereocenters. The van der Waals surface area contributed by atoms with Crippen molar-refractivity contribution in [1.82, 2.24) is 0 Å². The Kier molecular flexibility index (Phi) is 8.46. The van der Waals surface area contributed by atoms with Crippen molar-refractivity contribution in [3.8, 4) is 0 Å². The predicted octanol–water partition coefficient (Wildman–Crippen LogP) is -0.138. The van der Waals surface area contributed by atoms with Gasteiger partial charge in [-0.2, -0.15) is 0 Å². The number of rotatable bonds is 9. The number of carbonyl (C=O) groups is 1. The zero-order valence-corrected chi connectivity index (χ0v) is 15.9. The summed E-state index contributed by atoms with van der Waals surface area (Å²) in [6.07, 6.45) is -2.88. The fourth-order valence-corrected chi connectivity index (χ4v) is 3.34. The van der Waals surface area contributed by atoms with E-state index in [0.29, 0.717) is 18.6 Å². The predicted molar refractivity (Wildman–Crippen MR) is 92.5 cm³/mol. The van der Waals surface area contributed by atoms with Crippen LogP contribution < -0.4 is 0 Å².